The van der Waals surface area contributed by atoms with Gasteiger partial charge in [0.2, 0.25) is 0 Å². The third-order valence-electron chi connectivity index (χ3n) is 13.6. The molecule has 0 spiro atoms. The Morgan fingerprint density at radius 3 is 1.92 bits per heavy atom. The van der Waals surface area contributed by atoms with E-state index in [0.29, 0.717) is 0 Å². The van der Waals surface area contributed by atoms with Crippen molar-refractivity contribution < 1.29 is 4.42 Å². The highest BCUT2D eigenvalue weighted by molar-refractivity contribution is 6.28. The molecule has 1 aliphatic rings. The summed E-state index contributed by atoms with van der Waals surface area (Å²) in [7, 11) is 0. The van der Waals surface area contributed by atoms with Crippen molar-refractivity contribution in [2.24, 2.45) is 0 Å². The number of hydrogen-bond donors (Lipinski definition) is 0. The zero-order chi connectivity index (χ0) is 40.4. The molecule has 2 nitrogen and oxygen atoms in total. The number of nitrogens with zero attached hydrogens (tertiary/aromatic N) is 1. The van der Waals surface area contributed by atoms with E-state index in [1.165, 1.54) is 76.5 Å². The number of anilines is 3. The zero-order valence-corrected chi connectivity index (χ0v) is 33.9. The molecule has 1 aliphatic carbocycles. The molecule has 0 saturated heterocycles. The topological polar surface area (TPSA) is 16.4 Å². The highest BCUT2D eigenvalue weighted by atomic mass is 16.3. The average Bonchev–Trinajstić information content (AvgIpc) is 3.81. The predicted octanol–water partition coefficient (Wildman–Crippen LogP) is 16.7. The van der Waals surface area contributed by atoms with Crippen LogP contribution in [0.15, 0.2) is 205 Å². The molecule has 13 rings (SSSR count). The SMILES string of the molecule is CC1(C)c2ccc(-c3ccc4ccc5c(N(c6ccccc6-c6ccccc6)c6cccc7c6oc6ccccc67)ccc6ccc3c4c65)cc2-c2c1ccc1ccccc21. The molecule has 12 aromatic rings. The first-order chi connectivity index (χ1) is 30.0. The minimum Gasteiger partial charge on any atom is -0.454 e. The molecule has 0 bridgehead atoms. The molecule has 0 unspecified atom stereocenters. The van der Waals surface area contributed by atoms with Gasteiger partial charge in [0.15, 0.2) is 5.58 Å². The number of para-hydroxylation sites is 3. The van der Waals surface area contributed by atoms with Crippen LogP contribution in [0.3, 0.4) is 0 Å². The molecule has 0 amide bonds. The van der Waals surface area contributed by atoms with Gasteiger partial charge in [0.05, 0.1) is 17.1 Å². The molecule has 1 aromatic heterocycles. The van der Waals surface area contributed by atoms with E-state index in [1.54, 1.807) is 0 Å². The van der Waals surface area contributed by atoms with E-state index >= 15 is 0 Å². The highest BCUT2D eigenvalue weighted by Crippen LogP contribution is 2.54. The molecule has 0 aliphatic heterocycles. The van der Waals surface area contributed by atoms with Crippen molar-refractivity contribution in [1.29, 1.82) is 0 Å². The van der Waals surface area contributed by atoms with Gasteiger partial charge in [-0.1, -0.05) is 184 Å². The Kier molecular flexibility index (Phi) is 7.10. The summed E-state index contributed by atoms with van der Waals surface area (Å²) in [5, 5.41) is 12.3. The lowest BCUT2D eigenvalue weighted by Gasteiger charge is -2.29. The fraction of sp³-hybridized carbons (Fsp3) is 0.0508. The fourth-order valence-corrected chi connectivity index (χ4v) is 10.8. The standard InChI is InChI=1S/C59H39NO/c1-59(2)49-32-27-40(35-48(49)57-43-17-7-6-15-37(43)26-33-50(57)59)41-29-23-38-25-31-47-52(34-28-39-24-30-45(41)55(38)56(39)47)60(51-20-10-8-16-42(51)36-13-4-3-5-14-36)53-21-12-19-46-44-18-9-11-22-54(44)61-58(46)53/h3-35H,1-2H3. The Bertz CT molecular complexity index is 3740. The smallest absolute Gasteiger partial charge is 0.159 e. The van der Waals surface area contributed by atoms with Crippen LogP contribution in [0.1, 0.15) is 25.0 Å². The van der Waals surface area contributed by atoms with Crippen LogP contribution >= 0.6 is 0 Å². The molecule has 2 heteroatoms. The molecule has 1 heterocycles. The number of hydrogen-bond acceptors (Lipinski definition) is 2. The van der Waals surface area contributed by atoms with Gasteiger partial charge in [-0.15, -0.1) is 0 Å². The maximum Gasteiger partial charge on any atom is 0.159 e. The summed E-state index contributed by atoms with van der Waals surface area (Å²) in [6.45, 7) is 4.74. The van der Waals surface area contributed by atoms with Crippen LogP contribution in [0.2, 0.25) is 0 Å². The van der Waals surface area contributed by atoms with Gasteiger partial charge in [0.1, 0.15) is 5.58 Å². The first-order valence-electron chi connectivity index (χ1n) is 21.3. The Morgan fingerprint density at radius 2 is 1.03 bits per heavy atom. The minimum atomic E-state index is -0.0794. The van der Waals surface area contributed by atoms with E-state index in [-0.39, 0.29) is 5.41 Å². The van der Waals surface area contributed by atoms with E-state index in [0.717, 1.165) is 50.1 Å². The number of benzene rings is 11. The lowest BCUT2D eigenvalue weighted by atomic mass is 9.81. The molecule has 11 aromatic carbocycles. The second kappa shape index (κ2) is 12.7. The minimum absolute atomic E-state index is 0.0794. The van der Waals surface area contributed by atoms with Gasteiger partial charge in [-0.25, -0.2) is 0 Å². The summed E-state index contributed by atoms with van der Waals surface area (Å²) in [5.41, 5.74) is 15.2. The van der Waals surface area contributed by atoms with Crippen LogP contribution in [0.4, 0.5) is 17.1 Å². The van der Waals surface area contributed by atoms with E-state index in [4.69, 9.17) is 4.42 Å². The third kappa shape index (κ3) is 4.85. The van der Waals surface area contributed by atoms with Gasteiger partial charge >= 0.3 is 0 Å². The van der Waals surface area contributed by atoms with E-state index in [9.17, 15) is 0 Å². The Labute approximate surface area is 353 Å². The van der Waals surface area contributed by atoms with Crippen LogP contribution in [-0.4, -0.2) is 0 Å². The Balaban J connectivity index is 1.07. The summed E-state index contributed by atoms with van der Waals surface area (Å²) in [4.78, 5) is 2.43. The van der Waals surface area contributed by atoms with Crippen molar-refractivity contribution in [2.75, 3.05) is 4.90 Å². The van der Waals surface area contributed by atoms with Crippen molar-refractivity contribution in [2.45, 2.75) is 19.3 Å². The molecule has 61 heavy (non-hydrogen) atoms. The Morgan fingerprint density at radius 1 is 0.377 bits per heavy atom. The lowest BCUT2D eigenvalue weighted by Crippen LogP contribution is -2.14. The molecule has 0 saturated carbocycles. The second-order valence-electron chi connectivity index (χ2n) is 17.2. The van der Waals surface area contributed by atoms with Crippen LogP contribution in [0, 0.1) is 0 Å². The summed E-state index contributed by atoms with van der Waals surface area (Å²) in [6.07, 6.45) is 0. The molecule has 0 fully saturated rings. The molecular formula is C59H39NO. The molecule has 0 N–H and O–H groups in total. The maximum absolute atomic E-state index is 6.79. The maximum atomic E-state index is 6.79. The molecule has 286 valence electrons. The number of rotatable bonds is 5. The number of furan rings is 1. The normalized spacial score (nSPS) is 13.2. The zero-order valence-electron chi connectivity index (χ0n) is 33.9. The van der Waals surface area contributed by atoms with Crippen molar-refractivity contribution in [3.63, 3.8) is 0 Å². The van der Waals surface area contributed by atoms with Crippen LogP contribution in [0.25, 0.3) is 98.4 Å². The summed E-state index contributed by atoms with van der Waals surface area (Å²) >= 11 is 0. The number of fused-ring (bicyclic) bond motifs is 8. The molecular weight excluding hydrogens is 739 g/mol. The second-order valence-corrected chi connectivity index (χ2v) is 17.2. The van der Waals surface area contributed by atoms with Gasteiger partial charge in [-0.2, -0.15) is 0 Å². The van der Waals surface area contributed by atoms with Crippen LogP contribution in [0.5, 0.6) is 0 Å². The van der Waals surface area contributed by atoms with Gasteiger partial charge in [0.25, 0.3) is 0 Å². The third-order valence-corrected chi connectivity index (χ3v) is 13.6. The average molecular weight is 778 g/mol. The molecule has 0 radical (unpaired) electrons. The van der Waals surface area contributed by atoms with Gasteiger partial charge < -0.3 is 9.32 Å². The van der Waals surface area contributed by atoms with Crippen molar-refractivity contribution in [3.8, 4) is 33.4 Å². The lowest BCUT2D eigenvalue weighted by molar-refractivity contribution is 0.661. The summed E-state index contributed by atoms with van der Waals surface area (Å²) < 4.78 is 6.79. The quantitative estimate of drug-likeness (QED) is 0.162. The molecule has 0 atom stereocenters. The van der Waals surface area contributed by atoms with Gasteiger partial charge in [-0.3, -0.25) is 0 Å². The Hall–Kier alpha value is -7.68. The predicted molar refractivity (Wildman–Crippen MR) is 258 cm³/mol. The first-order valence-corrected chi connectivity index (χ1v) is 21.3. The van der Waals surface area contributed by atoms with Gasteiger partial charge in [-0.05, 0) is 107 Å². The summed E-state index contributed by atoms with van der Waals surface area (Å²) in [5.74, 6) is 0. The summed E-state index contributed by atoms with van der Waals surface area (Å²) in [6, 6.07) is 73.6. The fourth-order valence-electron chi connectivity index (χ4n) is 10.8. The monoisotopic (exact) mass is 777 g/mol. The van der Waals surface area contributed by atoms with Crippen LogP contribution < -0.4 is 4.90 Å². The van der Waals surface area contributed by atoms with Gasteiger partial charge in [0, 0.05) is 27.1 Å². The van der Waals surface area contributed by atoms with Crippen molar-refractivity contribution >= 4 is 82.1 Å². The van der Waals surface area contributed by atoms with Crippen molar-refractivity contribution in [1.82, 2.24) is 0 Å². The largest absolute Gasteiger partial charge is 0.454 e. The van der Waals surface area contributed by atoms with E-state index < -0.39 is 0 Å². The van der Waals surface area contributed by atoms with Crippen molar-refractivity contribution in [3.05, 3.63) is 211 Å². The van der Waals surface area contributed by atoms with Crippen LogP contribution in [-0.2, 0) is 5.41 Å². The first kappa shape index (κ1) is 34.2. The highest BCUT2D eigenvalue weighted by Gasteiger charge is 2.36. The van der Waals surface area contributed by atoms with E-state index in [1.807, 2.05) is 6.07 Å². The van der Waals surface area contributed by atoms with E-state index in [2.05, 4.69) is 213 Å².